The molecule has 3 aromatic rings. The molecule has 158 valence electrons. The van der Waals surface area contributed by atoms with Crippen molar-refractivity contribution in [3.8, 4) is 17.2 Å². The summed E-state index contributed by atoms with van der Waals surface area (Å²) in [6.07, 6.45) is 4.09. The molecule has 6 nitrogen and oxygen atoms in total. The molecule has 0 atom stereocenters. The van der Waals surface area contributed by atoms with Crippen LogP contribution in [0.2, 0.25) is 0 Å². The van der Waals surface area contributed by atoms with E-state index in [0.29, 0.717) is 23.8 Å². The van der Waals surface area contributed by atoms with Crippen molar-refractivity contribution in [2.45, 2.75) is 19.9 Å². The van der Waals surface area contributed by atoms with Crippen LogP contribution in [0.25, 0.3) is 17.0 Å². The number of aromatic nitrogens is 1. The van der Waals surface area contributed by atoms with Gasteiger partial charge < -0.3 is 24.1 Å². The second-order valence-corrected chi connectivity index (χ2v) is 6.93. The van der Waals surface area contributed by atoms with E-state index in [0.717, 1.165) is 18.5 Å². The van der Waals surface area contributed by atoms with Gasteiger partial charge in [-0.3, -0.25) is 4.79 Å². The molecule has 0 aliphatic carbocycles. The number of carbonyl (C=O) groups is 1. The summed E-state index contributed by atoms with van der Waals surface area (Å²) >= 11 is 0. The van der Waals surface area contributed by atoms with E-state index in [1.165, 1.54) is 22.7 Å². The Hall–Kier alpha value is -3.41. The van der Waals surface area contributed by atoms with Crippen LogP contribution < -0.4 is 19.5 Å². The van der Waals surface area contributed by atoms with Gasteiger partial charge >= 0.3 is 0 Å². The molecule has 1 N–H and O–H groups in total. The number of nitrogens with zero attached hydrogens (tertiary/aromatic N) is 1. The fourth-order valence-corrected chi connectivity index (χ4v) is 3.52. The maximum atomic E-state index is 12.2. The average molecular weight is 408 g/mol. The quantitative estimate of drug-likeness (QED) is 0.426. The molecule has 0 aliphatic rings. The number of para-hydroxylation sites is 1. The fraction of sp³-hybridized carbons (Fsp3) is 0.292. The van der Waals surface area contributed by atoms with E-state index >= 15 is 0 Å². The molecule has 0 bridgehead atoms. The number of carbonyl (C=O) groups excluding carboxylic acids is 1. The first-order valence-corrected chi connectivity index (χ1v) is 9.88. The SMILES string of the molecule is COc1cc(/C=C\C(=O)NCCCn2c(C)cc3ccccc32)cc(OC)c1OC. The summed E-state index contributed by atoms with van der Waals surface area (Å²) in [6, 6.07) is 14.1. The lowest BCUT2D eigenvalue weighted by atomic mass is 10.1. The molecule has 1 amide bonds. The summed E-state index contributed by atoms with van der Waals surface area (Å²) in [5.74, 6) is 1.48. The van der Waals surface area contributed by atoms with Gasteiger partial charge in [-0.05, 0) is 54.6 Å². The lowest BCUT2D eigenvalue weighted by Crippen LogP contribution is -2.23. The molecule has 1 aromatic heterocycles. The minimum Gasteiger partial charge on any atom is -0.493 e. The zero-order chi connectivity index (χ0) is 21.5. The van der Waals surface area contributed by atoms with Crippen LogP contribution in [-0.2, 0) is 11.3 Å². The Kier molecular flexibility index (Phi) is 7.01. The van der Waals surface area contributed by atoms with Gasteiger partial charge in [0.2, 0.25) is 11.7 Å². The predicted octanol–water partition coefficient (Wildman–Crippen LogP) is 4.20. The van der Waals surface area contributed by atoms with Crippen molar-refractivity contribution in [1.82, 2.24) is 9.88 Å². The molecular formula is C24H28N2O4. The maximum absolute atomic E-state index is 12.2. The Morgan fingerprint density at radius 2 is 1.73 bits per heavy atom. The molecule has 0 saturated carbocycles. The monoisotopic (exact) mass is 408 g/mol. The van der Waals surface area contributed by atoms with Gasteiger partial charge in [0.25, 0.3) is 0 Å². The van der Waals surface area contributed by atoms with E-state index < -0.39 is 0 Å². The molecule has 2 aromatic carbocycles. The number of benzene rings is 2. The first-order valence-electron chi connectivity index (χ1n) is 9.88. The van der Waals surface area contributed by atoms with Gasteiger partial charge in [0.05, 0.1) is 21.3 Å². The number of nitrogens with one attached hydrogen (secondary N) is 1. The van der Waals surface area contributed by atoms with Crippen molar-refractivity contribution in [1.29, 1.82) is 0 Å². The Morgan fingerprint density at radius 3 is 2.40 bits per heavy atom. The second-order valence-electron chi connectivity index (χ2n) is 6.93. The van der Waals surface area contributed by atoms with E-state index in [2.05, 4.69) is 35.0 Å². The number of hydrogen-bond donors (Lipinski definition) is 1. The van der Waals surface area contributed by atoms with Crippen molar-refractivity contribution in [3.63, 3.8) is 0 Å². The fourth-order valence-electron chi connectivity index (χ4n) is 3.52. The second kappa shape index (κ2) is 9.87. The predicted molar refractivity (Wildman–Crippen MR) is 119 cm³/mol. The third-order valence-electron chi connectivity index (χ3n) is 4.99. The zero-order valence-corrected chi connectivity index (χ0v) is 17.9. The topological polar surface area (TPSA) is 61.7 Å². The van der Waals surface area contributed by atoms with Gasteiger partial charge in [0.1, 0.15) is 0 Å². The number of rotatable bonds is 9. The van der Waals surface area contributed by atoms with Crippen LogP contribution in [0.4, 0.5) is 0 Å². The third kappa shape index (κ3) is 4.76. The smallest absolute Gasteiger partial charge is 0.244 e. The molecule has 0 saturated heterocycles. The van der Waals surface area contributed by atoms with E-state index in [1.807, 2.05) is 12.1 Å². The number of aryl methyl sites for hydroxylation is 2. The first-order chi connectivity index (χ1) is 14.6. The van der Waals surface area contributed by atoms with Crippen LogP contribution in [0.15, 0.2) is 48.5 Å². The zero-order valence-electron chi connectivity index (χ0n) is 17.9. The van der Waals surface area contributed by atoms with Gasteiger partial charge in [0, 0.05) is 30.4 Å². The van der Waals surface area contributed by atoms with Crippen molar-refractivity contribution >= 4 is 22.9 Å². The molecule has 0 spiro atoms. The molecule has 0 aliphatic heterocycles. The Labute approximate surface area is 177 Å². The maximum Gasteiger partial charge on any atom is 0.244 e. The first kappa shape index (κ1) is 21.3. The van der Waals surface area contributed by atoms with Crippen molar-refractivity contribution in [2.24, 2.45) is 0 Å². The summed E-state index contributed by atoms with van der Waals surface area (Å²) in [5, 5.41) is 4.18. The summed E-state index contributed by atoms with van der Waals surface area (Å²) in [5.41, 5.74) is 3.24. The van der Waals surface area contributed by atoms with Crippen LogP contribution in [0.3, 0.4) is 0 Å². The molecule has 0 fully saturated rings. The average Bonchev–Trinajstić information content (AvgIpc) is 3.09. The van der Waals surface area contributed by atoms with Gasteiger partial charge in [-0.2, -0.15) is 0 Å². The van der Waals surface area contributed by atoms with Crippen molar-refractivity contribution in [3.05, 3.63) is 59.8 Å². The van der Waals surface area contributed by atoms with Crippen molar-refractivity contribution < 1.29 is 19.0 Å². The highest BCUT2D eigenvalue weighted by molar-refractivity contribution is 5.91. The molecule has 1 heterocycles. The molecular weight excluding hydrogens is 380 g/mol. The van der Waals surface area contributed by atoms with Gasteiger partial charge in [-0.15, -0.1) is 0 Å². The van der Waals surface area contributed by atoms with Gasteiger partial charge in [0.15, 0.2) is 11.5 Å². The van der Waals surface area contributed by atoms with Gasteiger partial charge in [-0.25, -0.2) is 0 Å². The molecule has 3 rings (SSSR count). The highest BCUT2D eigenvalue weighted by atomic mass is 16.5. The Balaban J connectivity index is 1.56. The van der Waals surface area contributed by atoms with Crippen LogP contribution >= 0.6 is 0 Å². The minimum atomic E-state index is -0.141. The highest BCUT2D eigenvalue weighted by Crippen LogP contribution is 2.38. The normalized spacial score (nSPS) is 11.1. The summed E-state index contributed by atoms with van der Waals surface area (Å²) in [4.78, 5) is 12.2. The van der Waals surface area contributed by atoms with E-state index in [9.17, 15) is 4.79 Å². The van der Waals surface area contributed by atoms with Crippen LogP contribution in [0.5, 0.6) is 17.2 Å². The lowest BCUT2D eigenvalue weighted by Gasteiger charge is -2.12. The number of methoxy groups -OCH3 is 3. The summed E-state index contributed by atoms with van der Waals surface area (Å²) < 4.78 is 18.3. The lowest BCUT2D eigenvalue weighted by molar-refractivity contribution is -0.116. The van der Waals surface area contributed by atoms with Crippen LogP contribution in [0, 0.1) is 6.92 Å². The number of amides is 1. The van der Waals surface area contributed by atoms with Crippen LogP contribution in [0.1, 0.15) is 17.7 Å². The number of ether oxygens (including phenoxy) is 3. The van der Waals surface area contributed by atoms with E-state index in [4.69, 9.17) is 14.2 Å². The largest absolute Gasteiger partial charge is 0.493 e. The summed E-state index contributed by atoms with van der Waals surface area (Å²) in [6.45, 7) is 3.57. The molecule has 0 unspecified atom stereocenters. The van der Waals surface area contributed by atoms with Gasteiger partial charge in [-0.1, -0.05) is 18.2 Å². The standard InChI is InChI=1S/C24H28N2O4/c1-17-14-19-8-5-6-9-20(19)26(17)13-7-12-25-23(27)11-10-18-15-21(28-2)24(30-4)22(16-18)29-3/h5-6,8-11,14-16H,7,12-13H2,1-4H3,(H,25,27)/b11-10-. The van der Waals surface area contributed by atoms with Crippen LogP contribution in [-0.4, -0.2) is 38.3 Å². The number of hydrogen-bond acceptors (Lipinski definition) is 4. The van der Waals surface area contributed by atoms with E-state index in [-0.39, 0.29) is 5.91 Å². The Morgan fingerprint density at radius 1 is 1.03 bits per heavy atom. The summed E-state index contributed by atoms with van der Waals surface area (Å²) in [7, 11) is 4.68. The number of fused-ring (bicyclic) bond motifs is 1. The third-order valence-corrected chi connectivity index (χ3v) is 4.99. The molecule has 30 heavy (non-hydrogen) atoms. The van der Waals surface area contributed by atoms with Crippen molar-refractivity contribution in [2.75, 3.05) is 27.9 Å². The molecule has 6 heteroatoms. The highest BCUT2D eigenvalue weighted by Gasteiger charge is 2.12. The minimum absolute atomic E-state index is 0.141. The Bertz CT molecular complexity index is 1030. The molecule has 0 radical (unpaired) electrons. The van der Waals surface area contributed by atoms with E-state index in [1.54, 1.807) is 39.5 Å².